The summed E-state index contributed by atoms with van der Waals surface area (Å²) in [4.78, 5) is 13.5. The van der Waals surface area contributed by atoms with Crippen molar-refractivity contribution in [1.82, 2.24) is 4.90 Å². The van der Waals surface area contributed by atoms with Gasteiger partial charge in [-0.2, -0.15) is 0 Å². The number of carbonyl (C=O) groups excluding carboxylic acids is 1. The van der Waals surface area contributed by atoms with E-state index >= 15 is 0 Å². The van der Waals surface area contributed by atoms with E-state index in [2.05, 4.69) is 0 Å². The Hall–Kier alpha value is -2.57. The van der Waals surface area contributed by atoms with E-state index in [1.54, 1.807) is 25.3 Å². The number of hydrogen-bond acceptors (Lipinski definition) is 6. The van der Waals surface area contributed by atoms with Gasteiger partial charge in [0.2, 0.25) is 0 Å². The van der Waals surface area contributed by atoms with Crippen LogP contribution in [0.2, 0.25) is 0 Å². The maximum Gasteiger partial charge on any atom is 0.161 e. The summed E-state index contributed by atoms with van der Waals surface area (Å²) in [6.45, 7) is 2.76. The smallest absolute Gasteiger partial charge is 0.161 e. The van der Waals surface area contributed by atoms with E-state index < -0.39 is 6.10 Å². The minimum absolute atomic E-state index is 0.0425. The van der Waals surface area contributed by atoms with Crippen molar-refractivity contribution >= 4 is 5.78 Å². The van der Waals surface area contributed by atoms with Crippen molar-refractivity contribution < 1.29 is 24.1 Å². The predicted octanol–water partition coefficient (Wildman–Crippen LogP) is 2.78. The van der Waals surface area contributed by atoms with Gasteiger partial charge in [-0.05, 0) is 49.9 Å². The maximum atomic E-state index is 11.5. The van der Waals surface area contributed by atoms with Gasteiger partial charge >= 0.3 is 0 Å². The van der Waals surface area contributed by atoms with E-state index in [1.165, 1.54) is 14.0 Å². The van der Waals surface area contributed by atoms with Crippen LogP contribution in [0.4, 0.5) is 0 Å². The molecule has 2 aromatic carbocycles. The quantitative estimate of drug-likeness (QED) is 0.646. The lowest BCUT2D eigenvalue weighted by molar-refractivity contribution is 0.0732. The standard InChI is InChI=1S/C21H27NO5/c1-15(23)17-8-9-20(21(11-17)26-4)27-14-18(24)13-22(2)12-16-6-5-7-19(10-16)25-3/h5-11,18,24H,12-14H2,1-4H3. The zero-order chi connectivity index (χ0) is 19.8. The highest BCUT2D eigenvalue weighted by molar-refractivity contribution is 5.94. The van der Waals surface area contributed by atoms with Gasteiger partial charge in [-0.3, -0.25) is 9.69 Å². The maximum absolute atomic E-state index is 11.5. The molecule has 0 spiro atoms. The summed E-state index contributed by atoms with van der Waals surface area (Å²) < 4.78 is 16.2. The number of rotatable bonds is 10. The van der Waals surface area contributed by atoms with Crippen molar-refractivity contribution in [2.75, 3.05) is 34.4 Å². The van der Waals surface area contributed by atoms with Gasteiger partial charge in [-0.25, -0.2) is 0 Å². The van der Waals surface area contributed by atoms with Crippen LogP contribution in [0.5, 0.6) is 17.2 Å². The van der Waals surface area contributed by atoms with Gasteiger partial charge in [0, 0.05) is 18.7 Å². The van der Waals surface area contributed by atoms with Gasteiger partial charge in [0.05, 0.1) is 14.2 Å². The number of aliphatic hydroxyl groups is 1. The number of ketones is 1. The molecule has 146 valence electrons. The monoisotopic (exact) mass is 373 g/mol. The number of benzene rings is 2. The molecule has 1 N–H and O–H groups in total. The molecule has 0 bridgehead atoms. The molecule has 0 aliphatic carbocycles. The number of hydrogen-bond donors (Lipinski definition) is 1. The highest BCUT2D eigenvalue weighted by Crippen LogP contribution is 2.28. The Labute approximate surface area is 160 Å². The Morgan fingerprint density at radius 3 is 2.56 bits per heavy atom. The van der Waals surface area contributed by atoms with Crippen LogP contribution >= 0.6 is 0 Å². The minimum atomic E-state index is -0.669. The summed E-state index contributed by atoms with van der Waals surface area (Å²) in [6, 6.07) is 12.8. The Morgan fingerprint density at radius 1 is 1.11 bits per heavy atom. The van der Waals surface area contributed by atoms with Crippen LogP contribution in [0.15, 0.2) is 42.5 Å². The number of ether oxygens (including phenoxy) is 3. The highest BCUT2D eigenvalue weighted by atomic mass is 16.5. The molecule has 6 heteroatoms. The van der Waals surface area contributed by atoms with Crippen LogP contribution in [0.25, 0.3) is 0 Å². The van der Waals surface area contributed by atoms with Gasteiger partial charge in [-0.15, -0.1) is 0 Å². The second kappa shape index (κ2) is 9.94. The van der Waals surface area contributed by atoms with E-state index in [4.69, 9.17) is 14.2 Å². The lowest BCUT2D eigenvalue weighted by atomic mass is 10.1. The fraction of sp³-hybridized carbons (Fsp3) is 0.381. The van der Waals surface area contributed by atoms with Gasteiger partial charge < -0.3 is 19.3 Å². The fourth-order valence-electron chi connectivity index (χ4n) is 2.75. The highest BCUT2D eigenvalue weighted by Gasteiger charge is 2.13. The van der Waals surface area contributed by atoms with Crippen LogP contribution in [-0.4, -0.2) is 56.3 Å². The molecular formula is C21H27NO5. The summed E-state index contributed by atoms with van der Waals surface area (Å²) in [6.07, 6.45) is -0.669. The van der Waals surface area contributed by atoms with Gasteiger partial charge in [0.15, 0.2) is 17.3 Å². The third-order valence-electron chi connectivity index (χ3n) is 4.11. The number of Topliss-reactive ketones (excluding diaryl/α,β-unsaturated/α-hetero) is 1. The lowest BCUT2D eigenvalue weighted by Gasteiger charge is -2.21. The van der Waals surface area contributed by atoms with E-state index in [-0.39, 0.29) is 12.4 Å². The zero-order valence-corrected chi connectivity index (χ0v) is 16.3. The van der Waals surface area contributed by atoms with Crippen LogP contribution in [0.3, 0.4) is 0 Å². The molecule has 0 heterocycles. The first kappa shape index (κ1) is 20.7. The molecule has 0 saturated carbocycles. The molecular weight excluding hydrogens is 346 g/mol. The summed E-state index contributed by atoms with van der Waals surface area (Å²) in [7, 11) is 5.09. The Kier molecular flexibility index (Phi) is 7.64. The van der Waals surface area contributed by atoms with E-state index in [0.717, 1.165) is 11.3 Å². The van der Waals surface area contributed by atoms with Crippen molar-refractivity contribution in [2.45, 2.75) is 19.6 Å². The molecule has 0 fully saturated rings. The molecule has 2 aromatic rings. The van der Waals surface area contributed by atoms with Crippen LogP contribution in [0, 0.1) is 0 Å². The molecule has 0 aliphatic heterocycles. The van der Waals surface area contributed by atoms with Crippen molar-refractivity contribution in [3.05, 3.63) is 53.6 Å². The molecule has 27 heavy (non-hydrogen) atoms. The number of aliphatic hydroxyl groups excluding tert-OH is 1. The Bertz CT molecular complexity index is 762. The number of likely N-dealkylation sites (N-methyl/N-ethyl adjacent to an activating group) is 1. The summed E-state index contributed by atoms with van der Waals surface area (Å²) in [5.74, 6) is 1.74. The SMILES string of the molecule is COc1cccc(CN(C)CC(O)COc2ccc(C(C)=O)cc2OC)c1. The lowest BCUT2D eigenvalue weighted by Crippen LogP contribution is -2.32. The van der Waals surface area contributed by atoms with Crippen LogP contribution in [0.1, 0.15) is 22.8 Å². The summed E-state index contributed by atoms with van der Waals surface area (Å²) >= 11 is 0. The normalized spacial score (nSPS) is 11.9. The molecule has 0 saturated heterocycles. The van der Waals surface area contributed by atoms with Crippen LogP contribution in [-0.2, 0) is 6.54 Å². The zero-order valence-electron chi connectivity index (χ0n) is 16.3. The molecule has 1 atom stereocenters. The Balaban J connectivity index is 1.88. The van der Waals surface area contributed by atoms with Crippen molar-refractivity contribution in [3.8, 4) is 17.2 Å². The Morgan fingerprint density at radius 2 is 1.89 bits per heavy atom. The topological polar surface area (TPSA) is 68.2 Å². The van der Waals surface area contributed by atoms with Gasteiger partial charge in [-0.1, -0.05) is 12.1 Å². The minimum Gasteiger partial charge on any atom is -0.497 e. The summed E-state index contributed by atoms with van der Waals surface area (Å²) in [5.41, 5.74) is 1.66. The first-order valence-corrected chi connectivity index (χ1v) is 8.74. The van der Waals surface area contributed by atoms with Crippen LogP contribution < -0.4 is 14.2 Å². The molecule has 0 aromatic heterocycles. The molecule has 0 amide bonds. The average molecular weight is 373 g/mol. The first-order valence-electron chi connectivity index (χ1n) is 8.74. The van der Waals surface area contributed by atoms with E-state index in [9.17, 15) is 9.90 Å². The number of nitrogens with zero attached hydrogens (tertiary/aromatic N) is 1. The molecule has 6 nitrogen and oxygen atoms in total. The number of methoxy groups -OCH3 is 2. The third kappa shape index (κ3) is 6.27. The molecule has 0 radical (unpaired) electrons. The third-order valence-corrected chi connectivity index (χ3v) is 4.11. The van der Waals surface area contributed by atoms with E-state index in [1.807, 2.05) is 36.2 Å². The van der Waals surface area contributed by atoms with Crippen molar-refractivity contribution in [1.29, 1.82) is 0 Å². The van der Waals surface area contributed by atoms with Gasteiger partial charge in [0.25, 0.3) is 0 Å². The molecule has 1 unspecified atom stereocenters. The predicted molar refractivity (Wildman–Crippen MR) is 104 cm³/mol. The summed E-state index contributed by atoms with van der Waals surface area (Å²) in [5, 5.41) is 10.3. The average Bonchev–Trinajstić information content (AvgIpc) is 2.66. The first-order chi connectivity index (χ1) is 12.9. The largest absolute Gasteiger partial charge is 0.497 e. The molecule has 2 rings (SSSR count). The second-order valence-electron chi connectivity index (χ2n) is 6.43. The van der Waals surface area contributed by atoms with Crippen molar-refractivity contribution in [3.63, 3.8) is 0 Å². The van der Waals surface area contributed by atoms with Gasteiger partial charge in [0.1, 0.15) is 18.5 Å². The second-order valence-corrected chi connectivity index (χ2v) is 6.43. The molecule has 0 aliphatic rings. The fourth-order valence-corrected chi connectivity index (χ4v) is 2.75. The number of carbonyl (C=O) groups is 1. The van der Waals surface area contributed by atoms with E-state index in [0.29, 0.717) is 30.2 Å². The van der Waals surface area contributed by atoms with Crippen molar-refractivity contribution in [2.24, 2.45) is 0 Å².